The lowest BCUT2D eigenvalue weighted by Gasteiger charge is -2.57. The predicted octanol–water partition coefficient (Wildman–Crippen LogP) is 5.52. The third kappa shape index (κ3) is 1.34. The van der Waals surface area contributed by atoms with E-state index in [1.807, 2.05) is 0 Å². The zero-order valence-electron chi connectivity index (χ0n) is 9.96. The van der Waals surface area contributed by atoms with Crippen LogP contribution < -0.4 is 0 Å². The minimum absolute atomic E-state index is 0.331. The average molecular weight is 504 g/mol. The van der Waals surface area contributed by atoms with Crippen molar-refractivity contribution in [1.29, 1.82) is 0 Å². The van der Waals surface area contributed by atoms with E-state index in [4.69, 9.17) is 0 Å². The van der Waals surface area contributed by atoms with E-state index in [-0.39, 0.29) is 0 Å². The van der Waals surface area contributed by atoms with Crippen LogP contribution in [0.2, 0.25) is 0 Å². The standard InChI is InChI=1S/C14H16Br4/c15-13(16)9-1-5-6(2-10(9)13)8-4-12-11(3-7(5)8)14(12,17)18/h5-12H,1-4H2/t5?,6?,7?,8?,9-,10-,11-,12+/m1/s1. The highest BCUT2D eigenvalue weighted by atomic mass is 79.9. The molecule has 0 aromatic carbocycles. The van der Waals surface area contributed by atoms with Crippen molar-refractivity contribution in [3.05, 3.63) is 0 Å². The van der Waals surface area contributed by atoms with Gasteiger partial charge in [-0.3, -0.25) is 0 Å². The van der Waals surface area contributed by atoms with Crippen LogP contribution in [0.3, 0.4) is 0 Å². The van der Waals surface area contributed by atoms with Crippen LogP contribution in [0.1, 0.15) is 25.7 Å². The van der Waals surface area contributed by atoms with Crippen molar-refractivity contribution in [2.45, 2.75) is 32.2 Å². The van der Waals surface area contributed by atoms with Gasteiger partial charge in [0.05, 0.1) is 6.47 Å². The van der Waals surface area contributed by atoms with Crippen LogP contribution in [-0.4, -0.2) is 6.47 Å². The predicted molar refractivity (Wildman–Crippen MR) is 87.6 cm³/mol. The Morgan fingerprint density at radius 3 is 0.944 bits per heavy atom. The van der Waals surface area contributed by atoms with Gasteiger partial charge in [-0.15, -0.1) is 0 Å². The summed E-state index contributed by atoms with van der Waals surface area (Å²) in [6.45, 7) is 0. The molecule has 100 valence electrons. The van der Waals surface area contributed by atoms with E-state index in [1.165, 1.54) is 25.7 Å². The molecule has 0 aromatic heterocycles. The zero-order chi connectivity index (χ0) is 12.4. The number of fused-ring (bicyclic) bond motifs is 6. The van der Waals surface area contributed by atoms with E-state index in [9.17, 15) is 0 Å². The lowest BCUT2D eigenvalue weighted by molar-refractivity contribution is -0.0837. The van der Waals surface area contributed by atoms with Gasteiger partial charge in [-0.05, 0) is 73.0 Å². The molecular weight excluding hydrogens is 488 g/mol. The highest BCUT2D eigenvalue weighted by Crippen LogP contribution is 2.79. The normalized spacial score (nSPS) is 64.7. The molecule has 5 rings (SSSR count). The molecule has 0 aliphatic heterocycles. The molecule has 5 aliphatic rings. The molecule has 0 bridgehead atoms. The molecule has 0 heterocycles. The zero-order valence-corrected chi connectivity index (χ0v) is 16.3. The Labute approximate surface area is 142 Å². The molecule has 0 nitrogen and oxygen atoms in total. The van der Waals surface area contributed by atoms with Gasteiger partial charge < -0.3 is 0 Å². The lowest BCUT2D eigenvalue weighted by atomic mass is 9.48. The maximum atomic E-state index is 3.90. The Morgan fingerprint density at radius 1 is 0.500 bits per heavy atom. The SMILES string of the molecule is BrC1(Br)[C@@H]2CC3C(C[C@H]21)C1C[C@H]2[C@@H](CC31)C2(Br)Br. The third-order valence-corrected chi connectivity index (χ3v) is 11.7. The quantitative estimate of drug-likeness (QED) is 0.382. The summed E-state index contributed by atoms with van der Waals surface area (Å²) in [5, 5.41) is 0. The Kier molecular flexibility index (Phi) is 2.39. The molecule has 0 radical (unpaired) electrons. The maximum Gasteiger partial charge on any atom is 0.0868 e. The van der Waals surface area contributed by atoms with Crippen LogP contribution in [0.4, 0.5) is 0 Å². The molecule has 5 fully saturated rings. The molecule has 8 atom stereocenters. The monoisotopic (exact) mass is 500 g/mol. The number of hydrogen-bond donors (Lipinski definition) is 0. The maximum absolute atomic E-state index is 3.90. The van der Waals surface area contributed by atoms with E-state index in [2.05, 4.69) is 63.7 Å². The first kappa shape index (κ1) is 12.5. The van der Waals surface area contributed by atoms with E-state index >= 15 is 0 Å². The summed E-state index contributed by atoms with van der Waals surface area (Å²) in [6, 6.07) is 0. The highest BCUT2D eigenvalue weighted by molar-refractivity contribution is 9.26. The number of alkyl halides is 4. The van der Waals surface area contributed by atoms with E-state index < -0.39 is 0 Å². The summed E-state index contributed by atoms with van der Waals surface area (Å²) in [6.07, 6.45) is 5.95. The Hall–Kier alpha value is 1.92. The van der Waals surface area contributed by atoms with Crippen molar-refractivity contribution < 1.29 is 0 Å². The Bertz CT molecular complexity index is 348. The van der Waals surface area contributed by atoms with Gasteiger partial charge in [-0.1, -0.05) is 63.7 Å². The summed E-state index contributed by atoms with van der Waals surface area (Å²) in [4.78, 5) is 0. The largest absolute Gasteiger partial charge is 0.0868 e. The van der Waals surface area contributed by atoms with Gasteiger partial charge in [0, 0.05) is 0 Å². The van der Waals surface area contributed by atoms with Crippen LogP contribution in [0.15, 0.2) is 0 Å². The average Bonchev–Trinajstić information content (AvgIpc) is 3.06. The molecule has 4 unspecified atom stereocenters. The second-order valence-electron chi connectivity index (χ2n) is 7.37. The van der Waals surface area contributed by atoms with Gasteiger partial charge in [0.2, 0.25) is 0 Å². The fourth-order valence-electron chi connectivity index (χ4n) is 5.90. The molecule has 5 saturated carbocycles. The van der Waals surface area contributed by atoms with Gasteiger partial charge in [-0.25, -0.2) is 0 Å². The summed E-state index contributed by atoms with van der Waals surface area (Å²) < 4.78 is 0.663. The second kappa shape index (κ2) is 3.46. The molecule has 0 N–H and O–H groups in total. The van der Waals surface area contributed by atoms with Crippen molar-refractivity contribution in [2.75, 3.05) is 0 Å². The molecule has 0 spiro atoms. The van der Waals surface area contributed by atoms with Crippen LogP contribution in [0, 0.1) is 47.3 Å². The number of rotatable bonds is 0. The second-order valence-corrected chi connectivity index (χ2v) is 14.8. The first-order chi connectivity index (χ1) is 8.42. The van der Waals surface area contributed by atoms with Crippen molar-refractivity contribution in [3.63, 3.8) is 0 Å². The van der Waals surface area contributed by atoms with Crippen LogP contribution >= 0.6 is 63.7 Å². The van der Waals surface area contributed by atoms with Crippen molar-refractivity contribution in [2.24, 2.45) is 47.3 Å². The summed E-state index contributed by atoms with van der Waals surface area (Å²) >= 11 is 15.6. The molecule has 0 aromatic rings. The summed E-state index contributed by atoms with van der Waals surface area (Å²) in [5.74, 6) is 7.94. The minimum Gasteiger partial charge on any atom is -0.0721 e. The summed E-state index contributed by atoms with van der Waals surface area (Å²) in [5.41, 5.74) is 0. The lowest BCUT2D eigenvalue weighted by Crippen LogP contribution is -2.50. The van der Waals surface area contributed by atoms with Gasteiger partial charge >= 0.3 is 0 Å². The van der Waals surface area contributed by atoms with E-state index in [1.54, 1.807) is 0 Å². The third-order valence-electron chi connectivity index (χ3n) is 7.03. The minimum atomic E-state index is 0.331. The number of halogens is 4. The first-order valence-electron chi connectivity index (χ1n) is 7.18. The molecule has 0 saturated heterocycles. The van der Waals surface area contributed by atoms with Gasteiger partial charge in [0.25, 0.3) is 0 Å². The summed E-state index contributed by atoms with van der Waals surface area (Å²) in [7, 11) is 0. The van der Waals surface area contributed by atoms with Gasteiger partial charge in [0.15, 0.2) is 0 Å². The fourth-order valence-corrected chi connectivity index (χ4v) is 9.42. The van der Waals surface area contributed by atoms with E-state index in [0.717, 1.165) is 47.3 Å². The fraction of sp³-hybridized carbons (Fsp3) is 1.00. The van der Waals surface area contributed by atoms with Crippen LogP contribution in [-0.2, 0) is 0 Å². The smallest absolute Gasteiger partial charge is 0.0721 e. The van der Waals surface area contributed by atoms with Crippen LogP contribution in [0.5, 0.6) is 0 Å². The Balaban J connectivity index is 1.38. The van der Waals surface area contributed by atoms with Crippen molar-refractivity contribution in [1.82, 2.24) is 0 Å². The molecule has 5 aliphatic carbocycles. The van der Waals surface area contributed by atoms with Gasteiger partial charge in [0.1, 0.15) is 0 Å². The molecule has 4 heteroatoms. The first-order valence-corrected chi connectivity index (χ1v) is 10.3. The number of hydrogen-bond acceptors (Lipinski definition) is 0. The van der Waals surface area contributed by atoms with Crippen LogP contribution in [0.25, 0.3) is 0 Å². The molecule has 18 heavy (non-hydrogen) atoms. The van der Waals surface area contributed by atoms with Crippen molar-refractivity contribution >= 4 is 63.7 Å². The highest BCUT2D eigenvalue weighted by Gasteiger charge is 2.74. The van der Waals surface area contributed by atoms with Crippen molar-refractivity contribution in [3.8, 4) is 0 Å². The van der Waals surface area contributed by atoms with Gasteiger partial charge in [-0.2, -0.15) is 0 Å². The Morgan fingerprint density at radius 2 is 0.722 bits per heavy atom. The van der Waals surface area contributed by atoms with E-state index in [0.29, 0.717) is 6.47 Å². The molecule has 0 amide bonds. The topological polar surface area (TPSA) is 0 Å². The molecular formula is C14H16Br4.